The predicted molar refractivity (Wildman–Crippen MR) is 47.5 cm³/mol. The molecule has 0 aliphatic heterocycles. The van der Waals surface area contributed by atoms with Gasteiger partial charge >= 0.3 is 0 Å². The first-order valence-electron chi connectivity index (χ1n) is 3.42. The zero-order valence-electron chi connectivity index (χ0n) is 5.55. The van der Waals surface area contributed by atoms with Crippen LogP contribution in [0.15, 0.2) is 0 Å². The van der Waals surface area contributed by atoms with E-state index in [1.807, 2.05) is 11.4 Å². The van der Waals surface area contributed by atoms with Gasteiger partial charge in [0.05, 0.1) is 0 Å². The summed E-state index contributed by atoms with van der Waals surface area (Å²) in [7, 11) is 2.74. The van der Waals surface area contributed by atoms with Crippen molar-refractivity contribution in [2.45, 2.75) is 24.5 Å². The highest BCUT2D eigenvalue weighted by atomic mass is 32.7. The number of hydrogen-bond donors (Lipinski definition) is 1. The minimum absolute atomic E-state index is 0.822. The van der Waals surface area contributed by atoms with Crippen LogP contribution in [-0.2, 0) is 0 Å². The van der Waals surface area contributed by atoms with E-state index in [2.05, 4.69) is 8.44 Å². The molecule has 54 valence electrons. The molecular weight excluding hydrogens is 149 g/mol. The van der Waals surface area contributed by atoms with Crippen molar-refractivity contribution in [1.82, 2.24) is 0 Å². The average Bonchev–Trinajstić information content (AvgIpc) is 2.34. The number of nitrogens with two attached hydrogens (primary N) is 1. The second-order valence-electron chi connectivity index (χ2n) is 2.67. The maximum atomic E-state index is 5.53. The van der Waals surface area contributed by atoms with Crippen molar-refractivity contribution in [3.8, 4) is 0 Å². The van der Waals surface area contributed by atoms with Crippen LogP contribution in [0.1, 0.15) is 19.3 Å². The van der Waals surface area contributed by atoms with Gasteiger partial charge in [-0.25, -0.2) is 0 Å². The molecule has 0 saturated heterocycles. The predicted octanol–water partition coefficient (Wildman–Crippen LogP) is 1.64. The molecule has 1 saturated carbocycles. The minimum atomic E-state index is 0.822. The van der Waals surface area contributed by atoms with Crippen molar-refractivity contribution in [3.63, 3.8) is 0 Å². The van der Waals surface area contributed by atoms with Crippen LogP contribution in [0.5, 0.6) is 0 Å². The first-order chi connectivity index (χ1) is 4.36. The van der Waals surface area contributed by atoms with E-state index in [1.165, 1.54) is 19.3 Å². The highest BCUT2D eigenvalue weighted by Crippen LogP contribution is 2.36. The number of rotatable bonds is 2. The van der Waals surface area contributed by atoms with Gasteiger partial charge in [-0.15, -0.1) is 11.4 Å². The summed E-state index contributed by atoms with van der Waals surface area (Å²) >= 11 is 1.91. The quantitative estimate of drug-likeness (QED) is 0.626. The molecule has 0 aromatic carbocycles. The molecule has 1 nitrogen and oxygen atoms in total. The molecule has 9 heavy (non-hydrogen) atoms. The Hall–Kier alpha value is 0.740. The lowest BCUT2D eigenvalue weighted by Gasteiger charge is -2.04. The van der Waals surface area contributed by atoms with Crippen molar-refractivity contribution in [1.29, 1.82) is 0 Å². The second kappa shape index (κ2) is 3.80. The van der Waals surface area contributed by atoms with Gasteiger partial charge < -0.3 is 5.73 Å². The molecule has 3 atom stereocenters. The van der Waals surface area contributed by atoms with Crippen molar-refractivity contribution in [2.75, 3.05) is 6.54 Å². The summed E-state index contributed by atoms with van der Waals surface area (Å²) in [5.74, 6) is 0.822. The molecule has 0 amide bonds. The van der Waals surface area contributed by atoms with Crippen LogP contribution >= 0.6 is 19.8 Å². The standard InChI is InChI=1S/C6H14NPS/c7-4-5-1-2-6(3-5)9-8/h5-6H,1-4,7-8H2/t5-,6?/m1/s1. The maximum Gasteiger partial charge on any atom is 0.00866 e. The lowest BCUT2D eigenvalue weighted by atomic mass is 10.1. The van der Waals surface area contributed by atoms with Crippen LogP contribution in [-0.4, -0.2) is 11.8 Å². The van der Waals surface area contributed by atoms with Gasteiger partial charge in [-0.05, 0) is 31.7 Å². The van der Waals surface area contributed by atoms with Gasteiger partial charge in [-0.2, -0.15) is 0 Å². The fraction of sp³-hybridized carbons (Fsp3) is 1.00. The van der Waals surface area contributed by atoms with E-state index in [1.54, 1.807) is 0 Å². The molecule has 1 rings (SSSR count). The Balaban J connectivity index is 2.20. The Morgan fingerprint density at radius 2 is 2.33 bits per heavy atom. The van der Waals surface area contributed by atoms with E-state index < -0.39 is 0 Å². The van der Waals surface area contributed by atoms with Crippen molar-refractivity contribution >= 4 is 19.8 Å². The van der Waals surface area contributed by atoms with Crippen LogP contribution in [0.4, 0.5) is 0 Å². The Morgan fingerprint density at radius 1 is 1.56 bits per heavy atom. The van der Waals surface area contributed by atoms with Crippen LogP contribution in [0.3, 0.4) is 0 Å². The summed E-state index contributed by atoms with van der Waals surface area (Å²) in [6.07, 6.45) is 4.06. The summed E-state index contributed by atoms with van der Waals surface area (Å²) in [5, 5.41) is 0.878. The van der Waals surface area contributed by atoms with Gasteiger partial charge in [0.15, 0.2) is 0 Å². The van der Waals surface area contributed by atoms with Crippen molar-refractivity contribution in [3.05, 3.63) is 0 Å². The molecule has 0 aromatic rings. The molecule has 0 radical (unpaired) electrons. The average molecular weight is 163 g/mol. The maximum absolute atomic E-state index is 5.53. The highest BCUT2D eigenvalue weighted by molar-refractivity contribution is 8.44. The molecular formula is C6H14NPS. The fourth-order valence-corrected chi connectivity index (χ4v) is 2.76. The van der Waals surface area contributed by atoms with Gasteiger partial charge in [-0.3, -0.25) is 0 Å². The van der Waals surface area contributed by atoms with Crippen molar-refractivity contribution < 1.29 is 0 Å². The van der Waals surface area contributed by atoms with Crippen LogP contribution in [0.2, 0.25) is 0 Å². The molecule has 0 bridgehead atoms. The van der Waals surface area contributed by atoms with Gasteiger partial charge in [0.2, 0.25) is 0 Å². The summed E-state index contributed by atoms with van der Waals surface area (Å²) in [4.78, 5) is 0. The molecule has 1 fully saturated rings. The van der Waals surface area contributed by atoms with Crippen LogP contribution in [0.25, 0.3) is 0 Å². The van der Waals surface area contributed by atoms with Gasteiger partial charge in [-0.1, -0.05) is 8.44 Å². The first kappa shape index (κ1) is 7.84. The van der Waals surface area contributed by atoms with E-state index in [0.717, 1.165) is 17.7 Å². The third-order valence-corrected chi connectivity index (χ3v) is 3.99. The van der Waals surface area contributed by atoms with Crippen LogP contribution in [0, 0.1) is 5.92 Å². The zero-order valence-corrected chi connectivity index (χ0v) is 7.52. The second-order valence-corrected chi connectivity index (χ2v) is 4.43. The highest BCUT2D eigenvalue weighted by Gasteiger charge is 2.22. The van der Waals surface area contributed by atoms with Gasteiger partial charge in [0.1, 0.15) is 0 Å². The molecule has 1 aliphatic rings. The largest absolute Gasteiger partial charge is 0.330 e. The van der Waals surface area contributed by atoms with Gasteiger partial charge in [0, 0.05) is 5.25 Å². The lowest BCUT2D eigenvalue weighted by molar-refractivity contribution is 0.563. The van der Waals surface area contributed by atoms with E-state index in [9.17, 15) is 0 Å². The molecule has 2 unspecified atom stereocenters. The Bertz CT molecular complexity index is 79.1. The lowest BCUT2D eigenvalue weighted by Crippen LogP contribution is -2.10. The molecule has 0 aromatic heterocycles. The minimum Gasteiger partial charge on any atom is -0.330 e. The molecule has 3 heteroatoms. The summed E-state index contributed by atoms with van der Waals surface area (Å²) in [5.41, 5.74) is 5.53. The summed E-state index contributed by atoms with van der Waals surface area (Å²) in [6, 6.07) is 0. The van der Waals surface area contributed by atoms with Crippen LogP contribution < -0.4 is 5.73 Å². The smallest absolute Gasteiger partial charge is 0.00866 e. The first-order valence-corrected chi connectivity index (χ1v) is 5.78. The van der Waals surface area contributed by atoms with E-state index in [0.29, 0.717) is 0 Å². The summed E-state index contributed by atoms with van der Waals surface area (Å²) < 4.78 is 0. The van der Waals surface area contributed by atoms with Gasteiger partial charge in [0.25, 0.3) is 0 Å². The molecule has 0 spiro atoms. The van der Waals surface area contributed by atoms with E-state index in [-0.39, 0.29) is 0 Å². The molecule has 1 aliphatic carbocycles. The fourth-order valence-electron chi connectivity index (χ4n) is 1.37. The Kier molecular flexibility index (Phi) is 3.31. The molecule has 0 heterocycles. The Morgan fingerprint density at radius 3 is 2.67 bits per heavy atom. The molecule has 2 N–H and O–H groups in total. The third kappa shape index (κ3) is 2.10. The Labute approximate surface area is 63.1 Å². The number of hydrogen-bond acceptors (Lipinski definition) is 2. The van der Waals surface area contributed by atoms with Crippen molar-refractivity contribution in [2.24, 2.45) is 11.7 Å². The van der Waals surface area contributed by atoms with E-state index >= 15 is 0 Å². The SMILES string of the molecule is NC[C@@H]1CCC(SP)C1. The third-order valence-electron chi connectivity index (χ3n) is 2.02. The normalized spacial score (nSPS) is 35.3. The topological polar surface area (TPSA) is 26.0 Å². The zero-order chi connectivity index (χ0) is 6.69. The monoisotopic (exact) mass is 163 g/mol. The summed E-state index contributed by atoms with van der Waals surface area (Å²) in [6.45, 7) is 0.891. The van der Waals surface area contributed by atoms with E-state index in [4.69, 9.17) is 5.73 Å².